The number of rotatable bonds is 38. The summed E-state index contributed by atoms with van der Waals surface area (Å²) in [6.45, 7) is 9.67. The van der Waals surface area contributed by atoms with Gasteiger partial charge in [-0.3, -0.25) is 0 Å². The van der Waals surface area contributed by atoms with E-state index < -0.39 is 0 Å². The van der Waals surface area contributed by atoms with E-state index in [9.17, 15) is 0 Å². The lowest BCUT2D eigenvalue weighted by molar-refractivity contribution is 0.234. The molecule has 0 aromatic heterocycles. The molecule has 4 heteroatoms. The quantitative estimate of drug-likeness (QED) is 0.0710. The van der Waals surface area contributed by atoms with Crippen molar-refractivity contribution in [2.24, 2.45) is 5.73 Å². The Labute approximate surface area is 300 Å². The van der Waals surface area contributed by atoms with Gasteiger partial charge in [-0.25, -0.2) is 0 Å². The third-order valence-electron chi connectivity index (χ3n) is 9.77. The predicted octanol–water partition coefficient (Wildman–Crippen LogP) is 14.1. The van der Waals surface area contributed by atoms with Gasteiger partial charge >= 0.3 is 0 Å². The van der Waals surface area contributed by atoms with Gasteiger partial charge in [0.2, 0.25) is 5.75 Å². The lowest BCUT2D eigenvalue weighted by Crippen LogP contribution is -2.09. The van der Waals surface area contributed by atoms with Crippen LogP contribution < -0.4 is 19.9 Å². The number of unbranched alkanes of at least 4 members (excludes halogenated alkanes) is 27. The number of hydrogen-bond acceptors (Lipinski definition) is 4. The smallest absolute Gasteiger partial charge is 0.203 e. The monoisotopic (exact) mass is 674 g/mol. The average molecular weight is 674 g/mol. The summed E-state index contributed by atoms with van der Waals surface area (Å²) in [5.41, 5.74) is 7.17. The SMILES string of the molecule is CCCCCCCCCCCCOc1cc(CCN)cc(OCCCCCCCCCCCC)c1OCCCCCCCCCCCC. The molecule has 282 valence electrons. The predicted molar refractivity (Wildman–Crippen MR) is 211 cm³/mol. The Morgan fingerprint density at radius 2 is 0.646 bits per heavy atom. The topological polar surface area (TPSA) is 53.7 Å². The van der Waals surface area contributed by atoms with E-state index in [0.717, 1.165) is 62.8 Å². The first kappa shape index (κ1) is 44.6. The molecule has 0 atom stereocenters. The first-order valence-corrected chi connectivity index (χ1v) is 21.5. The molecule has 0 saturated heterocycles. The van der Waals surface area contributed by atoms with Crippen LogP contribution in [0.2, 0.25) is 0 Å². The minimum Gasteiger partial charge on any atom is -0.490 e. The van der Waals surface area contributed by atoms with Gasteiger partial charge in [0.25, 0.3) is 0 Å². The minimum absolute atomic E-state index is 0.620. The van der Waals surface area contributed by atoms with Crippen LogP contribution in [-0.4, -0.2) is 26.4 Å². The largest absolute Gasteiger partial charge is 0.490 e. The van der Waals surface area contributed by atoms with E-state index in [1.807, 2.05) is 0 Å². The van der Waals surface area contributed by atoms with Crippen molar-refractivity contribution < 1.29 is 14.2 Å². The van der Waals surface area contributed by atoms with Gasteiger partial charge < -0.3 is 19.9 Å². The van der Waals surface area contributed by atoms with Crippen LogP contribution in [-0.2, 0) is 6.42 Å². The fraction of sp³-hybridized carbons (Fsp3) is 0.864. The molecule has 48 heavy (non-hydrogen) atoms. The van der Waals surface area contributed by atoms with Crippen molar-refractivity contribution in [2.75, 3.05) is 26.4 Å². The molecule has 0 amide bonds. The van der Waals surface area contributed by atoms with Gasteiger partial charge in [0.1, 0.15) is 0 Å². The summed E-state index contributed by atoms with van der Waals surface area (Å²) in [4.78, 5) is 0. The first-order chi connectivity index (χ1) is 23.8. The maximum atomic E-state index is 6.49. The standard InChI is InChI=1S/C44H83NO3/c1-4-7-10-13-16-19-22-25-28-31-36-46-42-39-41(34-35-45)40-43(47-37-32-29-26-23-20-17-14-11-8-5-2)44(42)48-38-33-30-27-24-21-18-15-12-9-6-3/h39-40H,4-38,45H2,1-3H3. The molecule has 0 heterocycles. The van der Waals surface area contributed by atoms with Crippen molar-refractivity contribution >= 4 is 0 Å². The van der Waals surface area contributed by atoms with Crippen LogP contribution >= 0.6 is 0 Å². The van der Waals surface area contributed by atoms with E-state index in [4.69, 9.17) is 19.9 Å². The zero-order valence-electron chi connectivity index (χ0n) is 32.7. The van der Waals surface area contributed by atoms with Crippen LogP contribution in [0.1, 0.15) is 219 Å². The van der Waals surface area contributed by atoms with E-state index in [1.165, 1.54) is 179 Å². The molecule has 0 saturated carbocycles. The molecule has 2 N–H and O–H groups in total. The Morgan fingerprint density at radius 1 is 0.375 bits per heavy atom. The second-order valence-electron chi connectivity index (χ2n) is 14.6. The Bertz CT molecular complexity index is 750. The third kappa shape index (κ3) is 26.4. The fourth-order valence-corrected chi connectivity index (χ4v) is 6.61. The van der Waals surface area contributed by atoms with Gasteiger partial charge in [0, 0.05) is 0 Å². The number of ether oxygens (including phenoxy) is 3. The highest BCUT2D eigenvalue weighted by Crippen LogP contribution is 2.40. The average Bonchev–Trinajstić information content (AvgIpc) is 3.09. The molecule has 0 aliphatic carbocycles. The lowest BCUT2D eigenvalue weighted by Gasteiger charge is -2.19. The summed E-state index contributed by atoms with van der Waals surface area (Å²) in [5, 5.41) is 0. The molecule has 0 aliphatic rings. The van der Waals surface area contributed by atoms with Crippen molar-refractivity contribution in [2.45, 2.75) is 220 Å². The molecular formula is C44H83NO3. The van der Waals surface area contributed by atoms with Crippen LogP contribution in [0, 0.1) is 0 Å². The molecule has 4 nitrogen and oxygen atoms in total. The summed E-state index contributed by atoms with van der Waals surface area (Å²) in [6, 6.07) is 4.31. The zero-order valence-corrected chi connectivity index (χ0v) is 32.7. The normalized spacial score (nSPS) is 11.3. The Kier molecular flexibility index (Phi) is 32.9. The van der Waals surface area contributed by atoms with Gasteiger partial charge in [0.15, 0.2) is 11.5 Å². The fourth-order valence-electron chi connectivity index (χ4n) is 6.61. The Hall–Kier alpha value is -1.42. The van der Waals surface area contributed by atoms with Crippen LogP contribution in [0.25, 0.3) is 0 Å². The molecule has 1 aromatic rings. The van der Waals surface area contributed by atoms with Crippen LogP contribution in [0.3, 0.4) is 0 Å². The second kappa shape index (κ2) is 35.4. The van der Waals surface area contributed by atoms with Crippen molar-refractivity contribution in [1.29, 1.82) is 0 Å². The van der Waals surface area contributed by atoms with Crippen molar-refractivity contribution in [3.63, 3.8) is 0 Å². The van der Waals surface area contributed by atoms with Crippen LogP contribution in [0.15, 0.2) is 12.1 Å². The van der Waals surface area contributed by atoms with Gasteiger partial charge in [-0.1, -0.05) is 194 Å². The van der Waals surface area contributed by atoms with E-state index in [-0.39, 0.29) is 0 Å². The first-order valence-electron chi connectivity index (χ1n) is 21.5. The molecule has 0 unspecified atom stereocenters. The molecule has 0 fully saturated rings. The summed E-state index contributed by atoms with van der Waals surface area (Å²) in [7, 11) is 0. The molecule has 1 rings (SSSR count). The zero-order chi connectivity index (χ0) is 34.6. The van der Waals surface area contributed by atoms with E-state index in [2.05, 4.69) is 32.9 Å². The highest BCUT2D eigenvalue weighted by Gasteiger charge is 2.16. The van der Waals surface area contributed by atoms with Gasteiger partial charge in [-0.2, -0.15) is 0 Å². The van der Waals surface area contributed by atoms with Crippen molar-refractivity contribution in [3.05, 3.63) is 17.7 Å². The minimum atomic E-state index is 0.620. The van der Waals surface area contributed by atoms with Gasteiger partial charge in [-0.15, -0.1) is 0 Å². The molecule has 0 spiro atoms. The van der Waals surface area contributed by atoms with Crippen LogP contribution in [0.5, 0.6) is 17.2 Å². The van der Waals surface area contributed by atoms with Crippen molar-refractivity contribution in [3.8, 4) is 17.2 Å². The van der Waals surface area contributed by atoms with E-state index in [1.54, 1.807) is 0 Å². The maximum absolute atomic E-state index is 6.49. The van der Waals surface area contributed by atoms with Gasteiger partial charge in [-0.05, 0) is 49.9 Å². The summed E-state index contributed by atoms with van der Waals surface area (Å²) >= 11 is 0. The lowest BCUT2D eigenvalue weighted by atomic mass is 10.1. The number of hydrogen-bond donors (Lipinski definition) is 1. The molecule has 0 aliphatic heterocycles. The van der Waals surface area contributed by atoms with E-state index in [0.29, 0.717) is 6.54 Å². The molecule has 0 radical (unpaired) electrons. The van der Waals surface area contributed by atoms with E-state index >= 15 is 0 Å². The number of nitrogens with two attached hydrogens (primary N) is 1. The van der Waals surface area contributed by atoms with Crippen LogP contribution in [0.4, 0.5) is 0 Å². The highest BCUT2D eigenvalue weighted by molar-refractivity contribution is 5.54. The van der Waals surface area contributed by atoms with Gasteiger partial charge in [0.05, 0.1) is 19.8 Å². The number of benzene rings is 1. The molecule has 1 aromatic carbocycles. The summed E-state index contributed by atoms with van der Waals surface area (Å²) in [6.07, 6.45) is 40.6. The second-order valence-corrected chi connectivity index (χ2v) is 14.6. The highest BCUT2D eigenvalue weighted by atomic mass is 16.5. The van der Waals surface area contributed by atoms with Crippen molar-refractivity contribution in [1.82, 2.24) is 0 Å². The summed E-state index contributed by atoms with van der Waals surface area (Å²) < 4.78 is 19.4. The Balaban J connectivity index is 2.59. The maximum Gasteiger partial charge on any atom is 0.203 e. The Morgan fingerprint density at radius 3 is 0.938 bits per heavy atom. The molecular weight excluding hydrogens is 590 g/mol. The summed E-state index contributed by atoms with van der Waals surface area (Å²) in [5.74, 6) is 2.51. The molecule has 0 bridgehead atoms. The third-order valence-corrected chi connectivity index (χ3v) is 9.77.